The lowest BCUT2D eigenvalue weighted by atomic mass is 10.0. The third kappa shape index (κ3) is 5.22. The monoisotopic (exact) mass is 422 g/mol. The fourth-order valence-corrected chi connectivity index (χ4v) is 3.67. The van der Waals surface area contributed by atoms with E-state index in [4.69, 9.17) is 0 Å². The molecule has 32 heavy (non-hydrogen) atoms. The fourth-order valence-electron chi connectivity index (χ4n) is 3.67. The van der Waals surface area contributed by atoms with E-state index >= 15 is 0 Å². The molecule has 0 aliphatic rings. The topological polar surface area (TPSA) is 58.2 Å². The molecule has 4 heteroatoms. The number of ketones is 1. The first-order chi connectivity index (χ1) is 15.6. The predicted octanol–water partition coefficient (Wildman–Crippen LogP) is 6.02. The molecule has 4 rings (SSSR count). The molecule has 0 saturated heterocycles. The van der Waals surface area contributed by atoms with Gasteiger partial charge in [-0.25, -0.2) is 0 Å². The van der Waals surface area contributed by atoms with E-state index in [2.05, 4.69) is 10.6 Å². The van der Waals surface area contributed by atoms with Crippen molar-refractivity contribution in [2.24, 2.45) is 0 Å². The van der Waals surface area contributed by atoms with E-state index in [-0.39, 0.29) is 17.7 Å². The summed E-state index contributed by atoms with van der Waals surface area (Å²) in [5.74, 6) is -0.00599. The molecule has 4 aromatic carbocycles. The van der Waals surface area contributed by atoms with Crippen molar-refractivity contribution in [3.05, 3.63) is 114 Å². The number of Topliss-reactive ketones (excluding diaryl/α,β-unsaturated/α-hetero) is 1. The Morgan fingerprint density at radius 3 is 2.16 bits per heavy atom. The van der Waals surface area contributed by atoms with Crippen LogP contribution in [-0.4, -0.2) is 18.2 Å². The highest BCUT2D eigenvalue weighted by Crippen LogP contribution is 2.17. The Kier molecular flexibility index (Phi) is 6.61. The van der Waals surface area contributed by atoms with E-state index in [1.54, 1.807) is 12.1 Å². The first-order valence-electron chi connectivity index (χ1n) is 10.8. The van der Waals surface area contributed by atoms with Crippen LogP contribution in [0.15, 0.2) is 97.1 Å². The molecule has 160 valence electrons. The molecule has 0 unspecified atom stereocenters. The van der Waals surface area contributed by atoms with Crippen molar-refractivity contribution in [1.82, 2.24) is 5.32 Å². The first kappa shape index (κ1) is 21.3. The summed E-state index contributed by atoms with van der Waals surface area (Å²) in [5, 5.41) is 8.48. The van der Waals surface area contributed by atoms with E-state index in [9.17, 15) is 9.59 Å². The maximum absolute atomic E-state index is 12.5. The summed E-state index contributed by atoms with van der Waals surface area (Å²) < 4.78 is 0. The van der Waals surface area contributed by atoms with E-state index in [0.29, 0.717) is 18.5 Å². The van der Waals surface area contributed by atoms with Gasteiger partial charge in [-0.3, -0.25) is 9.59 Å². The highest BCUT2D eigenvalue weighted by Gasteiger charge is 2.11. The van der Waals surface area contributed by atoms with Gasteiger partial charge in [0.1, 0.15) is 0 Å². The van der Waals surface area contributed by atoms with Crippen molar-refractivity contribution in [2.45, 2.75) is 19.4 Å². The van der Waals surface area contributed by atoms with Crippen LogP contribution in [0.2, 0.25) is 0 Å². The maximum atomic E-state index is 12.5. The molecule has 1 atom stereocenters. The zero-order chi connectivity index (χ0) is 22.3. The first-order valence-corrected chi connectivity index (χ1v) is 10.8. The number of hydrogen-bond acceptors (Lipinski definition) is 3. The van der Waals surface area contributed by atoms with E-state index in [1.807, 2.05) is 91.9 Å². The second kappa shape index (κ2) is 9.92. The Morgan fingerprint density at radius 2 is 1.41 bits per heavy atom. The third-order valence-electron chi connectivity index (χ3n) is 5.55. The van der Waals surface area contributed by atoms with Crippen LogP contribution >= 0.6 is 0 Å². The Morgan fingerprint density at radius 1 is 0.750 bits per heavy atom. The van der Waals surface area contributed by atoms with Gasteiger partial charge in [-0.15, -0.1) is 0 Å². The average Bonchev–Trinajstić information content (AvgIpc) is 2.84. The number of amides is 1. The van der Waals surface area contributed by atoms with E-state index in [0.717, 1.165) is 27.6 Å². The Bertz CT molecular complexity index is 1220. The standard InChI is InChI=1S/C28H26N2O2/c1-20(21-7-3-2-4-8-21)30-28(32)23-13-15-26(16-14-23)29-18-17-27(31)25-12-11-22-9-5-6-10-24(22)19-25/h2-16,19-20,29H,17-18H2,1H3,(H,30,32)/t20-/m1/s1. The van der Waals surface area contributed by atoms with E-state index < -0.39 is 0 Å². The van der Waals surface area contributed by atoms with Crippen molar-refractivity contribution >= 4 is 28.2 Å². The van der Waals surface area contributed by atoms with Crippen LogP contribution in [0.4, 0.5) is 5.69 Å². The molecule has 4 aromatic rings. The molecule has 0 saturated carbocycles. The van der Waals surface area contributed by atoms with Crippen molar-refractivity contribution in [3.8, 4) is 0 Å². The maximum Gasteiger partial charge on any atom is 0.251 e. The number of hydrogen-bond donors (Lipinski definition) is 2. The zero-order valence-corrected chi connectivity index (χ0v) is 18.0. The predicted molar refractivity (Wildman–Crippen MR) is 130 cm³/mol. The van der Waals surface area contributed by atoms with Gasteiger partial charge < -0.3 is 10.6 Å². The van der Waals surface area contributed by atoms with Crippen LogP contribution < -0.4 is 10.6 Å². The van der Waals surface area contributed by atoms with Crippen LogP contribution in [0, 0.1) is 0 Å². The molecular formula is C28H26N2O2. The lowest BCUT2D eigenvalue weighted by Gasteiger charge is -2.14. The van der Waals surface area contributed by atoms with Crippen LogP contribution in [0.1, 0.15) is 45.7 Å². The summed E-state index contributed by atoms with van der Waals surface area (Å²) in [4.78, 5) is 25.1. The highest BCUT2D eigenvalue weighted by molar-refractivity contribution is 6.00. The Labute approximate surface area is 188 Å². The minimum absolute atomic E-state index is 0.0670. The molecule has 1 amide bonds. The summed E-state index contributed by atoms with van der Waals surface area (Å²) in [6.07, 6.45) is 0.398. The summed E-state index contributed by atoms with van der Waals surface area (Å²) >= 11 is 0. The minimum atomic E-state index is -0.112. The number of benzene rings is 4. The van der Waals surface area contributed by atoms with Gasteiger partial charge in [0.25, 0.3) is 5.91 Å². The molecule has 0 aromatic heterocycles. The second-order valence-corrected chi connectivity index (χ2v) is 7.85. The number of carbonyl (C=O) groups excluding carboxylic acids is 2. The summed E-state index contributed by atoms with van der Waals surface area (Å²) in [6.45, 7) is 2.50. The second-order valence-electron chi connectivity index (χ2n) is 7.85. The largest absolute Gasteiger partial charge is 0.385 e. The SMILES string of the molecule is C[C@@H](NC(=O)c1ccc(NCCC(=O)c2ccc3ccccc3c2)cc1)c1ccccc1. The van der Waals surface area contributed by atoms with Gasteiger partial charge in [-0.2, -0.15) is 0 Å². The number of fused-ring (bicyclic) bond motifs is 1. The molecule has 0 aliphatic carbocycles. The van der Waals surface area contributed by atoms with Gasteiger partial charge in [0.05, 0.1) is 6.04 Å². The smallest absolute Gasteiger partial charge is 0.251 e. The molecular weight excluding hydrogens is 396 g/mol. The summed E-state index contributed by atoms with van der Waals surface area (Å²) in [5.41, 5.74) is 3.27. The minimum Gasteiger partial charge on any atom is -0.385 e. The van der Waals surface area contributed by atoms with Gasteiger partial charge in [-0.1, -0.05) is 66.7 Å². The van der Waals surface area contributed by atoms with Gasteiger partial charge in [-0.05, 0) is 53.6 Å². The van der Waals surface area contributed by atoms with Gasteiger partial charge in [0, 0.05) is 29.8 Å². The van der Waals surface area contributed by atoms with Crippen LogP contribution in [0.25, 0.3) is 10.8 Å². The molecule has 0 aliphatic heterocycles. The molecule has 0 fully saturated rings. The highest BCUT2D eigenvalue weighted by atomic mass is 16.1. The summed E-state index contributed by atoms with van der Waals surface area (Å²) in [6, 6.07) is 31.0. The lowest BCUT2D eigenvalue weighted by molar-refractivity contribution is 0.0938. The molecule has 0 bridgehead atoms. The van der Waals surface area contributed by atoms with Crippen LogP contribution in [-0.2, 0) is 0 Å². The van der Waals surface area contributed by atoms with Crippen molar-refractivity contribution in [3.63, 3.8) is 0 Å². The van der Waals surface area contributed by atoms with E-state index in [1.165, 1.54) is 0 Å². The molecule has 4 nitrogen and oxygen atoms in total. The van der Waals surface area contributed by atoms with Crippen LogP contribution in [0.5, 0.6) is 0 Å². The average molecular weight is 423 g/mol. The Balaban J connectivity index is 1.28. The quantitative estimate of drug-likeness (QED) is 0.342. The molecule has 2 N–H and O–H groups in total. The van der Waals surface area contributed by atoms with Crippen molar-refractivity contribution in [2.75, 3.05) is 11.9 Å². The normalized spacial score (nSPS) is 11.7. The third-order valence-corrected chi connectivity index (χ3v) is 5.55. The summed E-state index contributed by atoms with van der Waals surface area (Å²) in [7, 11) is 0. The molecule has 0 radical (unpaired) electrons. The molecule has 0 spiro atoms. The Hall–Kier alpha value is -3.92. The van der Waals surface area contributed by atoms with Crippen molar-refractivity contribution < 1.29 is 9.59 Å². The fraction of sp³-hybridized carbons (Fsp3) is 0.143. The number of rotatable bonds is 8. The number of anilines is 1. The van der Waals surface area contributed by atoms with Gasteiger partial charge in [0.15, 0.2) is 5.78 Å². The number of nitrogens with one attached hydrogen (secondary N) is 2. The van der Waals surface area contributed by atoms with Crippen molar-refractivity contribution in [1.29, 1.82) is 0 Å². The van der Waals surface area contributed by atoms with Crippen LogP contribution in [0.3, 0.4) is 0 Å². The number of carbonyl (C=O) groups is 2. The zero-order valence-electron chi connectivity index (χ0n) is 18.0. The molecule has 0 heterocycles. The lowest BCUT2D eigenvalue weighted by Crippen LogP contribution is -2.26. The van der Waals surface area contributed by atoms with Gasteiger partial charge >= 0.3 is 0 Å². The van der Waals surface area contributed by atoms with Gasteiger partial charge in [0.2, 0.25) is 0 Å².